The number of nitrogens with one attached hydrogen (secondary N) is 1. The maximum absolute atomic E-state index is 11.5. The highest BCUT2D eigenvalue weighted by Gasteiger charge is 2.24. The quantitative estimate of drug-likeness (QED) is 0.766. The second-order valence-corrected chi connectivity index (χ2v) is 4.11. The summed E-state index contributed by atoms with van der Waals surface area (Å²) in [6.45, 7) is 3.82. The average molecular weight is 223 g/mol. The van der Waals surface area contributed by atoms with Gasteiger partial charge in [0.15, 0.2) is 0 Å². The lowest BCUT2D eigenvalue weighted by Crippen LogP contribution is -2.21. The van der Waals surface area contributed by atoms with Crippen LogP contribution in [0.4, 0.5) is 0 Å². The zero-order valence-corrected chi connectivity index (χ0v) is 9.64. The lowest BCUT2D eigenvalue weighted by atomic mass is 10.1. The Morgan fingerprint density at radius 3 is 3.19 bits per heavy atom. The highest BCUT2D eigenvalue weighted by molar-refractivity contribution is 5.73. The van der Waals surface area contributed by atoms with Crippen LogP contribution in [0, 0.1) is 0 Å². The van der Waals surface area contributed by atoms with E-state index in [1.807, 2.05) is 17.7 Å². The van der Waals surface area contributed by atoms with Gasteiger partial charge in [-0.05, 0) is 19.9 Å². The highest BCUT2D eigenvalue weighted by Crippen LogP contribution is 2.24. The molecule has 2 unspecified atom stereocenters. The van der Waals surface area contributed by atoms with Gasteiger partial charge in [0, 0.05) is 24.4 Å². The third kappa shape index (κ3) is 1.95. The van der Waals surface area contributed by atoms with E-state index in [-0.39, 0.29) is 12.0 Å². The largest absolute Gasteiger partial charge is 0.467 e. The van der Waals surface area contributed by atoms with Gasteiger partial charge in [-0.3, -0.25) is 0 Å². The second kappa shape index (κ2) is 4.65. The van der Waals surface area contributed by atoms with Crippen LogP contribution < -0.4 is 5.32 Å². The second-order valence-electron chi connectivity index (χ2n) is 4.11. The zero-order chi connectivity index (χ0) is 11.5. The average Bonchev–Trinajstić information content (AvgIpc) is 2.95. The number of aromatic nitrogens is 2. The molecular weight excluding hydrogens is 206 g/mol. The minimum absolute atomic E-state index is 0.231. The molecule has 5 heteroatoms. The fourth-order valence-electron chi connectivity index (χ4n) is 2.15. The molecule has 2 atom stereocenters. The summed E-state index contributed by atoms with van der Waals surface area (Å²) < 4.78 is 6.66. The van der Waals surface area contributed by atoms with Gasteiger partial charge < -0.3 is 14.6 Å². The Balaban J connectivity index is 2.21. The van der Waals surface area contributed by atoms with Crippen molar-refractivity contribution >= 4 is 5.97 Å². The number of imidazole rings is 1. The highest BCUT2D eigenvalue weighted by atomic mass is 16.5. The van der Waals surface area contributed by atoms with Crippen molar-refractivity contribution in [2.45, 2.75) is 25.3 Å². The molecule has 0 aliphatic carbocycles. The third-order valence-corrected chi connectivity index (χ3v) is 3.13. The van der Waals surface area contributed by atoms with Crippen LogP contribution in [-0.4, -0.2) is 35.7 Å². The van der Waals surface area contributed by atoms with Crippen LogP contribution in [0.5, 0.6) is 0 Å². The van der Waals surface area contributed by atoms with Gasteiger partial charge in [-0.1, -0.05) is 0 Å². The number of methoxy groups -OCH3 is 1. The molecular formula is C11H17N3O2. The van der Waals surface area contributed by atoms with E-state index in [0.717, 1.165) is 25.2 Å². The SMILES string of the molecule is COC(=O)C(C)n1cncc1C1CCNC1. The van der Waals surface area contributed by atoms with Gasteiger partial charge in [-0.15, -0.1) is 0 Å². The first-order valence-corrected chi connectivity index (χ1v) is 5.54. The Bertz CT molecular complexity index is 369. The number of esters is 1. The van der Waals surface area contributed by atoms with E-state index in [0.29, 0.717) is 5.92 Å². The topological polar surface area (TPSA) is 56.2 Å². The molecule has 0 amide bonds. The summed E-state index contributed by atoms with van der Waals surface area (Å²) >= 11 is 0. The van der Waals surface area contributed by atoms with E-state index < -0.39 is 0 Å². The molecule has 1 aromatic heterocycles. The Morgan fingerprint density at radius 2 is 2.56 bits per heavy atom. The molecule has 2 heterocycles. The lowest BCUT2D eigenvalue weighted by Gasteiger charge is -2.17. The molecule has 0 spiro atoms. The number of hydrogen-bond acceptors (Lipinski definition) is 4. The van der Waals surface area contributed by atoms with Crippen LogP contribution in [-0.2, 0) is 9.53 Å². The van der Waals surface area contributed by atoms with Crippen LogP contribution in [0.25, 0.3) is 0 Å². The fourth-order valence-corrected chi connectivity index (χ4v) is 2.15. The Morgan fingerprint density at radius 1 is 1.75 bits per heavy atom. The molecule has 1 fully saturated rings. The minimum atomic E-state index is -0.303. The van der Waals surface area contributed by atoms with Crippen molar-refractivity contribution in [3.8, 4) is 0 Å². The first kappa shape index (κ1) is 11.1. The van der Waals surface area contributed by atoms with Crippen LogP contribution in [0.2, 0.25) is 0 Å². The molecule has 1 N–H and O–H groups in total. The molecule has 88 valence electrons. The van der Waals surface area contributed by atoms with Gasteiger partial charge in [0.1, 0.15) is 6.04 Å². The number of carbonyl (C=O) groups excluding carboxylic acids is 1. The first-order chi connectivity index (χ1) is 7.74. The van der Waals surface area contributed by atoms with Gasteiger partial charge in [0.25, 0.3) is 0 Å². The van der Waals surface area contributed by atoms with Gasteiger partial charge in [0.05, 0.1) is 13.4 Å². The summed E-state index contributed by atoms with van der Waals surface area (Å²) in [7, 11) is 1.41. The smallest absolute Gasteiger partial charge is 0.328 e. The number of rotatable bonds is 3. The molecule has 1 aromatic rings. The Labute approximate surface area is 94.8 Å². The van der Waals surface area contributed by atoms with E-state index in [1.54, 1.807) is 6.33 Å². The van der Waals surface area contributed by atoms with Crippen LogP contribution in [0.15, 0.2) is 12.5 Å². The summed E-state index contributed by atoms with van der Waals surface area (Å²) in [5.74, 6) is 0.222. The van der Waals surface area contributed by atoms with E-state index >= 15 is 0 Å². The van der Waals surface area contributed by atoms with Crippen LogP contribution >= 0.6 is 0 Å². The molecule has 0 bridgehead atoms. The number of carbonyl (C=O) groups is 1. The molecule has 16 heavy (non-hydrogen) atoms. The summed E-state index contributed by atoms with van der Waals surface area (Å²) in [6.07, 6.45) is 4.64. The molecule has 1 aliphatic heterocycles. The standard InChI is InChI=1S/C11H17N3O2/c1-8(11(15)16-2)14-7-13-6-10(14)9-3-4-12-5-9/h6-9,12H,3-5H2,1-2H3. The van der Waals surface area contributed by atoms with E-state index in [1.165, 1.54) is 7.11 Å². The van der Waals surface area contributed by atoms with Crippen molar-refractivity contribution in [3.05, 3.63) is 18.2 Å². The first-order valence-electron chi connectivity index (χ1n) is 5.54. The number of nitrogens with zero attached hydrogens (tertiary/aromatic N) is 2. The lowest BCUT2D eigenvalue weighted by molar-refractivity contribution is -0.144. The fraction of sp³-hybridized carbons (Fsp3) is 0.636. The van der Waals surface area contributed by atoms with Crippen molar-refractivity contribution in [2.24, 2.45) is 0 Å². The summed E-state index contributed by atoms with van der Waals surface area (Å²) in [6, 6.07) is -0.303. The summed E-state index contributed by atoms with van der Waals surface area (Å²) in [5.41, 5.74) is 1.11. The molecule has 2 rings (SSSR count). The number of hydrogen-bond donors (Lipinski definition) is 1. The predicted molar refractivity (Wildman–Crippen MR) is 59.2 cm³/mol. The van der Waals surface area contributed by atoms with Crippen LogP contribution in [0.3, 0.4) is 0 Å². The van der Waals surface area contributed by atoms with E-state index in [4.69, 9.17) is 4.74 Å². The maximum atomic E-state index is 11.5. The van der Waals surface area contributed by atoms with Crippen molar-refractivity contribution in [2.75, 3.05) is 20.2 Å². The van der Waals surface area contributed by atoms with E-state index in [9.17, 15) is 4.79 Å². The molecule has 1 saturated heterocycles. The van der Waals surface area contributed by atoms with Crippen molar-refractivity contribution in [3.63, 3.8) is 0 Å². The molecule has 0 aromatic carbocycles. The predicted octanol–water partition coefficient (Wildman–Crippen LogP) is 0.694. The Kier molecular flexibility index (Phi) is 3.24. The molecule has 5 nitrogen and oxygen atoms in total. The third-order valence-electron chi connectivity index (χ3n) is 3.13. The molecule has 0 saturated carbocycles. The van der Waals surface area contributed by atoms with Crippen molar-refractivity contribution in [1.29, 1.82) is 0 Å². The minimum Gasteiger partial charge on any atom is -0.467 e. The van der Waals surface area contributed by atoms with Gasteiger partial charge >= 0.3 is 5.97 Å². The molecule has 0 radical (unpaired) electrons. The summed E-state index contributed by atoms with van der Waals surface area (Å²) in [5, 5.41) is 3.31. The summed E-state index contributed by atoms with van der Waals surface area (Å²) in [4.78, 5) is 15.6. The maximum Gasteiger partial charge on any atom is 0.328 e. The van der Waals surface area contributed by atoms with E-state index in [2.05, 4.69) is 10.3 Å². The van der Waals surface area contributed by atoms with Gasteiger partial charge in [0.2, 0.25) is 0 Å². The number of ether oxygens (including phenoxy) is 1. The van der Waals surface area contributed by atoms with Crippen LogP contribution in [0.1, 0.15) is 31.0 Å². The van der Waals surface area contributed by atoms with Gasteiger partial charge in [-0.25, -0.2) is 9.78 Å². The normalized spacial score (nSPS) is 22.0. The van der Waals surface area contributed by atoms with Gasteiger partial charge in [-0.2, -0.15) is 0 Å². The molecule has 1 aliphatic rings. The van der Waals surface area contributed by atoms with Crippen molar-refractivity contribution in [1.82, 2.24) is 14.9 Å². The zero-order valence-electron chi connectivity index (χ0n) is 9.64. The van der Waals surface area contributed by atoms with Crippen molar-refractivity contribution < 1.29 is 9.53 Å². The Hall–Kier alpha value is -1.36. The monoisotopic (exact) mass is 223 g/mol.